The van der Waals surface area contributed by atoms with Crippen LogP contribution in [0.25, 0.3) is 12.2 Å². The van der Waals surface area contributed by atoms with Crippen LogP contribution in [0.5, 0.6) is 11.5 Å². The standard InChI is InChI=1S/C19H23NO4/c1-3-24-18-7-6-13(9-17(18)20)4-5-14-8-15(11-21)16(12-22)19(10-14)23-2/h4-10,21-22H,3,11-12,20H2,1-2H3. The van der Waals surface area contributed by atoms with Crippen molar-refractivity contribution in [1.82, 2.24) is 0 Å². The highest BCUT2D eigenvalue weighted by Gasteiger charge is 2.09. The summed E-state index contributed by atoms with van der Waals surface area (Å²) in [5, 5.41) is 18.9. The van der Waals surface area contributed by atoms with Gasteiger partial charge in [0, 0.05) is 5.56 Å². The lowest BCUT2D eigenvalue weighted by atomic mass is 10.0. The van der Waals surface area contributed by atoms with Crippen molar-refractivity contribution >= 4 is 17.8 Å². The summed E-state index contributed by atoms with van der Waals surface area (Å²) in [6.07, 6.45) is 3.82. The van der Waals surface area contributed by atoms with Crippen LogP contribution in [0, 0.1) is 0 Å². The quantitative estimate of drug-likeness (QED) is 0.537. The van der Waals surface area contributed by atoms with E-state index >= 15 is 0 Å². The van der Waals surface area contributed by atoms with Gasteiger partial charge >= 0.3 is 0 Å². The molecule has 0 radical (unpaired) electrons. The lowest BCUT2D eigenvalue weighted by Crippen LogP contribution is -1.99. The third-order valence-electron chi connectivity index (χ3n) is 3.67. The van der Waals surface area contributed by atoms with E-state index in [4.69, 9.17) is 15.2 Å². The Balaban J connectivity index is 2.30. The smallest absolute Gasteiger partial charge is 0.142 e. The number of hydrogen-bond acceptors (Lipinski definition) is 5. The number of aliphatic hydroxyl groups is 2. The van der Waals surface area contributed by atoms with Crippen LogP contribution in [-0.2, 0) is 13.2 Å². The van der Waals surface area contributed by atoms with Crippen molar-refractivity contribution in [2.75, 3.05) is 19.5 Å². The molecule has 0 heterocycles. The average molecular weight is 329 g/mol. The summed E-state index contributed by atoms with van der Waals surface area (Å²) >= 11 is 0. The molecule has 0 fully saturated rings. The van der Waals surface area contributed by atoms with Crippen molar-refractivity contribution in [3.63, 3.8) is 0 Å². The Morgan fingerprint density at radius 3 is 2.33 bits per heavy atom. The fourth-order valence-electron chi connectivity index (χ4n) is 2.48. The van der Waals surface area contributed by atoms with E-state index < -0.39 is 0 Å². The number of anilines is 1. The number of rotatable bonds is 7. The van der Waals surface area contributed by atoms with Crippen LogP contribution >= 0.6 is 0 Å². The van der Waals surface area contributed by atoms with Crippen LogP contribution in [0.15, 0.2) is 30.3 Å². The SMILES string of the molecule is CCOc1ccc(C=Cc2cc(CO)c(CO)c(OC)c2)cc1N. The van der Waals surface area contributed by atoms with Gasteiger partial charge in [-0.05, 0) is 47.9 Å². The van der Waals surface area contributed by atoms with Gasteiger partial charge in [0.05, 0.1) is 32.6 Å². The highest BCUT2D eigenvalue weighted by atomic mass is 16.5. The highest BCUT2D eigenvalue weighted by molar-refractivity contribution is 5.73. The van der Waals surface area contributed by atoms with Crippen LogP contribution in [0.2, 0.25) is 0 Å². The maximum atomic E-state index is 9.48. The highest BCUT2D eigenvalue weighted by Crippen LogP contribution is 2.27. The van der Waals surface area contributed by atoms with Gasteiger partial charge in [-0.1, -0.05) is 18.2 Å². The Bertz CT molecular complexity index is 700. The van der Waals surface area contributed by atoms with Gasteiger partial charge in [0.15, 0.2) is 0 Å². The van der Waals surface area contributed by atoms with E-state index in [-0.39, 0.29) is 13.2 Å². The van der Waals surface area contributed by atoms with E-state index in [1.165, 1.54) is 7.11 Å². The van der Waals surface area contributed by atoms with Gasteiger partial charge in [0.1, 0.15) is 11.5 Å². The van der Waals surface area contributed by atoms with Crippen LogP contribution in [0.4, 0.5) is 5.69 Å². The molecule has 0 aliphatic carbocycles. The molecule has 2 aromatic rings. The molecule has 2 rings (SSSR count). The second-order valence-electron chi connectivity index (χ2n) is 5.24. The summed E-state index contributed by atoms with van der Waals surface area (Å²) in [5.41, 5.74) is 9.59. The third-order valence-corrected chi connectivity index (χ3v) is 3.67. The Labute approximate surface area is 142 Å². The number of hydrogen-bond donors (Lipinski definition) is 3. The van der Waals surface area contributed by atoms with Gasteiger partial charge in [-0.15, -0.1) is 0 Å². The predicted octanol–water partition coefficient (Wildman–Crippen LogP) is 2.83. The molecule has 4 N–H and O–H groups in total. The Morgan fingerprint density at radius 2 is 1.75 bits per heavy atom. The first-order valence-corrected chi connectivity index (χ1v) is 7.74. The van der Waals surface area contributed by atoms with E-state index in [0.29, 0.717) is 34.9 Å². The van der Waals surface area contributed by atoms with Crippen molar-refractivity contribution in [2.24, 2.45) is 0 Å². The summed E-state index contributed by atoms with van der Waals surface area (Å²) in [7, 11) is 1.54. The molecule has 0 aliphatic heterocycles. The van der Waals surface area contributed by atoms with Crippen molar-refractivity contribution in [3.8, 4) is 11.5 Å². The molecule has 0 bridgehead atoms. The zero-order valence-corrected chi connectivity index (χ0v) is 14.0. The minimum Gasteiger partial charge on any atom is -0.496 e. The lowest BCUT2D eigenvalue weighted by molar-refractivity contribution is 0.254. The van der Waals surface area contributed by atoms with E-state index in [0.717, 1.165) is 11.1 Å². The van der Waals surface area contributed by atoms with Gasteiger partial charge in [-0.3, -0.25) is 0 Å². The van der Waals surface area contributed by atoms with Crippen LogP contribution in [0.3, 0.4) is 0 Å². The number of nitrogen functional groups attached to an aromatic ring is 1. The van der Waals surface area contributed by atoms with E-state index in [9.17, 15) is 10.2 Å². The first kappa shape index (κ1) is 17.8. The molecule has 0 saturated heterocycles. The zero-order chi connectivity index (χ0) is 17.5. The molecule has 0 amide bonds. The van der Waals surface area contributed by atoms with Gasteiger partial charge in [0.2, 0.25) is 0 Å². The Hall–Kier alpha value is -2.50. The molecule has 5 heteroatoms. The van der Waals surface area contributed by atoms with Crippen molar-refractivity contribution in [1.29, 1.82) is 0 Å². The van der Waals surface area contributed by atoms with Gasteiger partial charge in [-0.25, -0.2) is 0 Å². The summed E-state index contributed by atoms with van der Waals surface area (Å²) in [4.78, 5) is 0. The first-order chi connectivity index (χ1) is 11.6. The van der Waals surface area contributed by atoms with E-state index in [2.05, 4.69) is 0 Å². The summed E-state index contributed by atoms with van der Waals surface area (Å²) in [6.45, 7) is 2.14. The molecule has 5 nitrogen and oxygen atoms in total. The summed E-state index contributed by atoms with van der Waals surface area (Å²) in [5.74, 6) is 1.22. The second kappa shape index (κ2) is 8.38. The minimum absolute atomic E-state index is 0.163. The zero-order valence-electron chi connectivity index (χ0n) is 14.0. The Kier molecular flexibility index (Phi) is 6.23. The number of methoxy groups -OCH3 is 1. The maximum absolute atomic E-state index is 9.48. The molecule has 0 atom stereocenters. The number of aliphatic hydroxyl groups excluding tert-OH is 2. The normalized spacial score (nSPS) is 11.0. The number of benzene rings is 2. The topological polar surface area (TPSA) is 84.9 Å². The van der Waals surface area contributed by atoms with E-state index in [1.807, 2.05) is 49.4 Å². The molecule has 0 aromatic heterocycles. The van der Waals surface area contributed by atoms with Gasteiger partial charge < -0.3 is 25.4 Å². The Morgan fingerprint density at radius 1 is 1.00 bits per heavy atom. The predicted molar refractivity (Wildman–Crippen MR) is 95.8 cm³/mol. The van der Waals surface area contributed by atoms with Crippen molar-refractivity contribution in [2.45, 2.75) is 20.1 Å². The fraction of sp³-hybridized carbons (Fsp3) is 0.263. The molecule has 2 aromatic carbocycles. The molecule has 0 spiro atoms. The van der Waals surface area contributed by atoms with Crippen molar-refractivity contribution < 1.29 is 19.7 Å². The van der Waals surface area contributed by atoms with Crippen molar-refractivity contribution in [3.05, 3.63) is 52.6 Å². The average Bonchev–Trinajstić information content (AvgIpc) is 2.61. The lowest BCUT2D eigenvalue weighted by Gasteiger charge is -2.12. The van der Waals surface area contributed by atoms with Gasteiger partial charge in [0.25, 0.3) is 0 Å². The van der Waals surface area contributed by atoms with E-state index in [1.54, 1.807) is 0 Å². The van der Waals surface area contributed by atoms with Crippen LogP contribution in [0.1, 0.15) is 29.2 Å². The number of ether oxygens (including phenoxy) is 2. The van der Waals surface area contributed by atoms with Gasteiger partial charge in [-0.2, -0.15) is 0 Å². The summed E-state index contributed by atoms with van der Waals surface area (Å²) < 4.78 is 10.7. The minimum atomic E-state index is -0.182. The molecule has 0 saturated carbocycles. The second-order valence-corrected chi connectivity index (χ2v) is 5.24. The molecule has 0 unspecified atom stereocenters. The number of nitrogens with two attached hydrogens (primary N) is 1. The summed E-state index contributed by atoms with van der Waals surface area (Å²) in [6, 6.07) is 9.24. The third kappa shape index (κ3) is 4.07. The maximum Gasteiger partial charge on any atom is 0.142 e. The largest absolute Gasteiger partial charge is 0.496 e. The first-order valence-electron chi connectivity index (χ1n) is 7.74. The fourth-order valence-corrected chi connectivity index (χ4v) is 2.48. The molecule has 24 heavy (non-hydrogen) atoms. The monoisotopic (exact) mass is 329 g/mol. The molecular formula is C19H23NO4. The molecular weight excluding hydrogens is 306 g/mol. The molecule has 128 valence electrons. The molecule has 0 aliphatic rings. The van der Waals surface area contributed by atoms with Crippen LogP contribution in [-0.4, -0.2) is 23.9 Å². The van der Waals surface area contributed by atoms with Crippen LogP contribution < -0.4 is 15.2 Å².